The quantitative estimate of drug-likeness (QED) is 0.607. The van der Waals surface area contributed by atoms with Gasteiger partial charge in [-0.15, -0.1) is 0 Å². The summed E-state index contributed by atoms with van der Waals surface area (Å²) in [6, 6.07) is 6.86. The number of methoxy groups -OCH3 is 1. The van der Waals surface area contributed by atoms with Crippen LogP contribution in [0.4, 0.5) is 0 Å². The fourth-order valence-electron chi connectivity index (χ4n) is 5.58. The molecule has 1 spiro atoms. The van der Waals surface area contributed by atoms with Crippen LogP contribution < -0.4 is 5.32 Å². The van der Waals surface area contributed by atoms with Crippen LogP contribution in [0.25, 0.3) is 0 Å². The third kappa shape index (κ3) is 1.80. The van der Waals surface area contributed by atoms with Crippen LogP contribution in [0.3, 0.4) is 0 Å². The van der Waals surface area contributed by atoms with Gasteiger partial charge in [0, 0.05) is 12.5 Å². The summed E-state index contributed by atoms with van der Waals surface area (Å²) in [5, 5.41) is 3.35. The van der Waals surface area contributed by atoms with Crippen molar-refractivity contribution >= 4 is 17.8 Å². The minimum atomic E-state index is -1.68. The zero-order valence-electron chi connectivity index (χ0n) is 15.9. The molecule has 1 amide bonds. The average Bonchev–Trinajstić information content (AvgIpc) is 3.15. The van der Waals surface area contributed by atoms with Crippen molar-refractivity contribution in [3.63, 3.8) is 0 Å². The van der Waals surface area contributed by atoms with Gasteiger partial charge in [-0.05, 0) is 25.0 Å². The summed E-state index contributed by atoms with van der Waals surface area (Å²) in [7, 11) is 1.25. The Hall–Kier alpha value is -2.45. The molecule has 1 N–H and O–H groups in total. The third-order valence-corrected chi connectivity index (χ3v) is 6.57. The molecule has 8 heteroatoms. The van der Waals surface area contributed by atoms with Crippen LogP contribution in [0.2, 0.25) is 0 Å². The molecule has 0 radical (unpaired) electrons. The zero-order chi connectivity index (χ0) is 19.8. The van der Waals surface area contributed by atoms with Crippen molar-refractivity contribution in [2.75, 3.05) is 13.7 Å². The molecular weight excluding hydrogens is 364 g/mol. The first-order chi connectivity index (χ1) is 13.4. The van der Waals surface area contributed by atoms with Crippen molar-refractivity contribution < 1.29 is 28.6 Å². The number of rotatable bonds is 3. The molecule has 1 aromatic rings. The molecule has 5 rings (SSSR count). The van der Waals surface area contributed by atoms with E-state index in [1.54, 1.807) is 11.8 Å². The maximum atomic E-state index is 13.5. The van der Waals surface area contributed by atoms with Gasteiger partial charge in [0.15, 0.2) is 0 Å². The Morgan fingerprint density at radius 3 is 2.71 bits per heavy atom. The molecule has 3 fully saturated rings. The number of nitrogens with one attached hydrogen (secondary N) is 1. The molecule has 1 aromatic carbocycles. The van der Waals surface area contributed by atoms with E-state index in [1.165, 1.54) is 7.11 Å². The molecule has 28 heavy (non-hydrogen) atoms. The number of amides is 1. The smallest absolute Gasteiger partial charge is 0.348 e. The van der Waals surface area contributed by atoms with Gasteiger partial charge in [0.25, 0.3) is 5.91 Å². The number of esters is 2. The number of ether oxygens (including phenoxy) is 3. The molecule has 0 aliphatic carbocycles. The predicted molar refractivity (Wildman–Crippen MR) is 94.7 cm³/mol. The number of piperidine rings is 1. The van der Waals surface area contributed by atoms with Crippen molar-refractivity contribution in [2.24, 2.45) is 5.92 Å². The standard InChI is InChI=1S/C20H22N2O6/c1-4-27-16(23)14-10(2)21-20-13-9-19(28-20,18(25)26-3)17(24)22(20)15(14)12-8-6-5-7-11(12)13/h5-8,10,13-15,21H,4,9H2,1-3H3/t10-,13?,14+,15-,19-,20-/m1/s1. The Morgan fingerprint density at radius 2 is 2.04 bits per heavy atom. The summed E-state index contributed by atoms with van der Waals surface area (Å²) in [4.78, 5) is 40.5. The lowest BCUT2D eigenvalue weighted by Crippen LogP contribution is -2.73. The maximum Gasteiger partial charge on any atom is 0.348 e. The van der Waals surface area contributed by atoms with Gasteiger partial charge in [0.05, 0.1) is 31.6 Å². The van der Waals surface area contributed by atoms with Gasteiger partial charge in [-0.1, -0.05) is 24.3 Å². The lowest BCUT2D eigenvalue weighted by Gasteiger charge is -2.57. The van der Waals surface area contributed by atoms with Crippen molar-refractivity contribution in [1.29, 1.82) is 0 Å². The molecule has 148 valence electrons. The molecule has 3 saturated heterocycles. The van der Waals surface area contributed by atoms with Gasteiger partial charge < -0.3 is 14.2 Å². The van der Waals surface area contributed by atoms with Crippen LogP contribution >= 0.6 is 0 Å². The van der Waals surface area contributed by atoms with Crippen molar-refractivity contribution in [1.82, 2.24) is 10.2 Å². The largest absolute Gasteiger partial charge is 0.466 e. The van der Waals surface area contributed by atoms with E-state index >= 15 is 0 Å². The first-order valence-electron chi connectivity index (χ1n) is 9.56. The van der Waals surface area contributed by atoms with E-state index in [9.17, 15) is 14.4 Å². The highest BCUT2D eigenvalue weighted by molar-refractivity contribution is 6.09. The van der Waals surface area contributed by atoms with Crippen LogP contribution in [0.15, 0.2) is 24.3 Å². The van der Waals surface area contributed by atoms with Crippen LogP contribution in [0.1, 0.15) is 43.4 Å². The topological polar surface area (TPSA) is 94.2 Å². The number of carbonyl (C=O) groups excluding carboxylic acids is 3. The molecular formula is C20H22N2O6. The number of hydrogen-bond acceptors (Lipinski definition) is 7. The summed E-state index contributed by atoms with van der Waals surface area (Å²) in [5.74, 6) is -3.54. The van der Waals surface area contributed by atoms with Crippen molar-refractivity contribution in [3.05, 3.63) is 35.4 Å². The van der Waals surface area contributed by atoms with Crippen LogP contribution in [-0.4, -0.2) is 54.0 Å². The molecule has 8 nitrogen and oxygen atoms in total. The Labute approximate surface area is 162 Å². The number of benzene rings is 1. The summed E-state index contributed by atoms with van der Waals surface area (Å²) in [6.07, 6.45) is 0.211. The van der Waals surface area contributed by atoms with Gasteiger partial charge >= 0.3 is 11.9 Å². The van der Waals surface area contributed by atoms with Gasteiger partial charge in [0.1, 0.15) is 0 Å². The van der Waals surface area contributed by atoms with Crippen molar-refractivity contribution in [3.8, 4) is 0 Å². The molecule has 4 aliphatic rings. The monoisotopic (exact) mass is 386 g/mol. The number of carbonyl (C=O) groups is 3. The van der Waals surface area contributed by atoms with E-state index in [0.29, 0.717) is 0 Å². The molecule has 4 heterocycles. The number of hydrogen-bond donors (Lipinski definition) is 1. The van der Waals surface area contributed by atoms with Crippen LogP contribution in [0.5, 0.6) is 0 Å². The van der Waals surface area contributed by atoms with E-state index in [4.69, 9.17) is 14.2 Å². The SMILES string of the molecule is CCOC(=O)[C@@H]1[C@H]2c3ccccc3C3C[C@@]4(C(=O)OC)O[C@]3(N[C@@H]1C)N2C4=O. The summed E-state index contributed by atoms with van der Waals surface area (Å²) in [5.41, 5.74) is 0.212. The van der Waals surface area contributed by atoms with Gasteiger partial charge in [-0.25, -0.2) is 4.79 Å². The summed E-state index contributed by atoms with van der Waals surface area (Å²) in [6.45, 7) is 3.89. The number of nitrogens with zero attached hydrogens (tertiary/aromatic N) is 1. The van der Waals surface area contributed by atoms with E-state index < -0.39 is 35.3 Å². The van der Waals surface area contributed by atoms with Crippen molar-refractivity contribution in [2.45, 2.75) is 49.7 Å². The van der Waals surface area contributed by atoms with Gasteiger partial charge in [-0.3, -0.25) is 19.8 Å². The fourth-order valence-corrected chi connectivity index (χ4v) is 5.58. The highest BCUT2D eigenvalue weighted by atomic mass is 16.6. The maximum absolute atomic E-state index is 13.5. The Morgan fingerprint density at radius 1 is 1.32 bits per heavy atom. The second-order valence-electron chi connectivity index (χ2n) is 7.83. The van der Waals surface area contributed by atoms with E-state index in [2.05, 4.69) is 5.32 Å². The average molecular weight is 386 g/mol. The van der Waals surface area contributed by atoms with Gasteiger partial charge in [-0.2, -0.15) is 0 Å². The third-order valence-electron chi connectivity index (χ3n) is 6.57. The first kappa shape index (κ1) is 17.6. The predicted octanol–water partition coefficient (Wildman–Crippen LogP) is 0.824. The normalized spacial score (nSPS) is 39.5. The molecule has 0 aromatic heterocycles. The number of fused-ring (bicyclic) bond motifs is 4. The lowest BCUT2D eigenvalue weighted by atomic mass is 9.68. The second-order valence-corrected chi connectivity index (χ2v) is 7.83. The molecule has 1 unspecified atom stereocenters. The van der Waals surface area contributed by atoms with E-state index in [-0.39, 0.29) is 31.0 Å². The van der Waals surface area contributed by atoms with Crippen LogP contribution in [0, 0.1) is 5.92 Å². The second kappa shape index (κ2) is 5.55. The Balaban J connectivity index is 1.74. The van der Waals surface area contributed by atoms with E-state index in [1.807, 2.05) is 31.2 Å². The Kier molecular flexibility index (Phi) is 3.49. The highest BCUT2D eigenvalue weighted by Gasteiger charge is 2.80. The Bertz CT molecular complexity index is 902. The van der Waals surface area contributed by atoms with Gasteiger partial charge in [0.2, 0.25) is 11.4 Å². The van der Waals surface area contributed by atoms with E-state index in [0.717, 1.165) is 11.1 Å². The lowest BCUT2D eigenvalue weighted by molar-refractivity contribution is -0.200. The summed E-state index contributed by atoms with van der Waals surface area (Å²) >= 11 is 0. The molecule has 3 bridgehead atoms. The minimum absolute atomic E-state index is 0.211. The highest BCUT2D eigenvalue weighted by Crippen LogP contribution is 2.65. The zero-order valence-corrected chi connectivity index (χ0v) is 15.9. The summed E-state index contributed by atoms with van der Waals surface area (Å²) < 4.78 is 16.5. The molecule has 4 aliphatic heterocycles. The molecule has 0 saturated carbocycles. The fraction of sp³-hybridized carbons (Fsp3) is 0.550. The molecule has 6 atom stereocenters. The minimum Gasteiger partial charge on any atom is -0.466 e. The van der Waals surface area contributed by atoms with Crippen LogP contribution in [-0.2, 0) is 28.6 Å². The first-order valence-corrected chi connectivity index (χ1v) is 9.56.